The van der Waals surface area contributed by atoms with E-state index < -0.39 is 5.97 Å². The van der Waals surface area contributed by atoms with Crippen LogP contribution in [0.5, 0.6) is 0 Å². The molecule has 0 unspecified atom stereocenters. The van der Waals surface area contributed by atoms with Gasteiger partial charge in [0.05, 0.1) is 0 Å². The molecule has 1 N–H and O–H groups in total. The van der Waals surface area contributed by atoms with Crippen LogP contribution in [0.25, 0.3) is 6.08 Å². The average Bonchev–Trinajstić information content (AvgIpc) is 3.27. The van der Waals surface area contributed by atoms with Crippen LogP contribution in [0.15, 0.2) is 30.3 Å². The average molecular weight is 273 g/mol. The number of hydrogen-bond acceptors (Lipinski definition) is 2. The highest BCUT2D eigenvalue weighted by atomic mass is 16.4. The van der Waals surface area contributed by atoms with E-state index in [0.29, 0.717) is 0 Å². The Labute approximate surface area is 120 Å². The summed E-state index contributed by atoms with van der Waals surface area (Å²) in [5, 5.41) is 8.61. The third kappa shape index (κ3) is 4.82. The lowest BCUT2D eigenvalue weighted by molar-refractivity contribution is -0.131. The van der Waals surface area contributed by atoms with Crippen molar-refractivity contribution < 1.29 is 9.90 Å². The smallest absolute Gasteiger partial charge is 0.328 e. The summed E-state index contributed by atoms with van der Waals surface area (Å²) >= 11 is 0. The normalized spacial score (nSPS) is 15.1. The van der Waals surface area contributed by atoms with Crippen LogP contribution >= 0.6 is 0 Å². The highest BCUT2D eigenvalue weighted by molar-refractivity contribution is 5.85. The van der Waals surface area contributed by atoms with Crippen LogP contribution in [0.3, 0.4) is 0 Å². The van der Waals surface area contributed by atoms with Crippen molar-refractivity contribution in [1.82, 2.24) is 4.90 Å². The molecule has 0 radical (unpaired) electrons. The third-order valence-electron chi connectivity index (χ3n) is 3.65. The van der Waals surface area contributed by atoms with Crippen LogP contribution in [0.2, 0.25) is 0 Å². The van der Waals surface area contributed by atoms with Crippen LogP contribution in [-0.4, -0.2) is 28.6 Å². The summed E-state index contributed by atoms with van der Waals surface area (Å²) in [5.74, 6) is -0.909. The fraction of sp³-hybridized carbons (Fsp3) is 0.471. The fourth-order valence-corrected chi connectivity index (χ4v) is 2.33. The summed E-state index contributed by atoms with van der Waals surface area (Å²) < 4.78 is 0. The molecule has 1 aromatic rings. The van der Waals surface area contributed by atoms with Crippen molar-refractivity contribution in [2.24, 2.45) is 0 Å². The summed E-state index contributed by atoms with van der Waals surface area (Å²) in [6.45, 7) is 4.42. The van der Waals surface area contributed by atoms with Crippen molar-refractivity contribution in [3.63, 3.8) is 0 Å². The Morgan fingerprint density at radius 1 is 1.35 bits per heavy atom. The summed E-state index contributed by atoms with van der Waals surface area (Å²) in [4.78, 5) is 13.0. The Bertz CT molecular complexity index is 460. The number of nitrogens with zero attached hydrogens (tertiary/aromatic N) is 1. The zero-order chi connectivity index (χ0) is 14.4. The van der Waals surface area contributed by atoms with E-state index in [9.17, 15) is 4.79 Å². The Kier molecular flexibility index (Phi) is 5.36. The first kappa shape index (κ1) is 14.8. The molecule has 0 aliphatic heterocycles. The van der Waals surface area contributed by atoms with Gasteiger partial charge in [-0.2, -0.15) is 0 Å². The molecule has 2 rings (SSSR count). The molecule has 1 fully saturated rings. The van der Waals surface area contributed by atoms with Crippen LogP contribution in [0.1, 0.15) is 43.7 Å². The molecule has 0 atom stereocenters. The molecular formula is C17H23NO2. The predicted octanol–water partition coefficient (Wildman–Crippen LogP) is 3.55. The molecule has 0 aromatic heterocycles. The lowest BCUT2D eigenvalue weighted by Crippen LogP contribution is -2.26. The topological polar surface area (TPSA) is 40.5 Å². The van der Waals surface area contributed by atoms with Crippen molar-refractivity contribution >= 4 is 12.0 Å². The summed E-state index contributed by atoms with van der Waals surface area (Å²) in [6.07, 6.45) is 7.97. The number of rotatable bonds is 8. The van der Waals surface area contributed by atoms with E-state index in [2.05, 4.69) is 24.0 Å². The molecular weight excluding hydrogens is 250 g/mol. The van der Waals surface area contributed by atoms with E-state index in [4.69, 9.17) is 5.11 Å². The predicted molar refractivity (Wildman–Crippen MR) is 81.5 cm³/mol. The zero-order valence-corrected chi connectivity index (χ0v) is 12.1. The first-order valence-corrected chi connectivity index (χ1v) is 7.43. The molecule has 1 aliphatic rings. The number of unbranched alkanes of at least 4 members (excludes halogenated alkanes) is 1. The molecule has 1 saturated carbocycles. The SMILES string of the molecule is CCCCN(Cc1ccc(C=CC(=O)O)cc1)C1CC1. The number of benzene rings is 1. The fourth-order valence-electron chi connectivity index (χ4n) is 2.33. The van der Waals surface area contributed by atoms with Crippen molar-refractivity contribution in [3.05, 3.63) is 41.5 Å². The highest BCUT2D eigenvalue weighted by Gasteiger charge is 2.28. The second-order valence-corrected chi connectivity index (χ2v) is 5.47. The molecule has 20 heavy (non-hydrogen) atoms. The van der Waals surface area contributed by atoms with E-state index in [-0.39, 0.29) is 0 Å². The number of hydrogen-bond donors (Lipinski definition) is 1. The maximum Gasteiger partial charge on any atom is 0.328 e. The number of aliphatic carboxylic acids is 1. The molecule has 0 amide bonds. The van der Waals surface area contributed by atoms with E-state index in [1.165, 1.54) is 43.9 Å². The molecule has 0 heterocycles. The molecule has 0 saturated heterocycles. The van der Waals surface area contributed by atoms with Gasteiger partial charge in [-0.1, -0.05) is 37.6 Å². The third-order valence-corrected chi connectivity index (χ3v) is 3.65. The van der Waals surface area contributed by atoms with E-state index in [1.807, 2.05) is 12.1 Å². The van der Waals surface area contributed by atoms with E-state index in [0.717, 1.165) is 18.2 Å². The Hall–Kier alpha value is -1.61. The summed E-state index contributed by atoms with van der Waals surface area (Å²) in [6, 6.07) is 8.96. The minimum absolute atomic E-state index is 0.785. The van der Waals surface area contributed by atoms with Gasteiger partial charge in [0.15, 0.2) is 0 Å². The monoisotopic (exact) mass is 273 g/mol. The van der Waals surface area contributed by atoms with E-state index in [1.54, 1.807) is 6.08 Å². The van der Waals surface area contributed by atoms with Crippen molar-refractivity contribution in [3.8, 4) is 0 Å². The minimum atomic E-state index is -0.909. The van der Waals surface area contributed by atoms with Crippen molar-refractivity contribution in [1.29, 1.82) is 0 Å². The lowest BCUT2D eigenvalue weighted by atomic mass is 10.1. The Morgan fingerprint density at radius 3 is 2.60 bits per heavy atom. The van der Waals surface area contributed by atoms with Crippen molar-refractivity contribution in [2.45, 2.75) is 45.2 Å². The summed E-state index contributed by atoms with van der Waals surface area (Å²) in [7, 11) is 0. The summed E-state index contributed by atoms with van der Waals surface area (Å²) in [5.41, 5.74) is 2.24. The second-order valence-electron chi connectivity index (χ2n) is 5.47. The molecule has 1 aromatic carbocycles. The van der Waals surface area contributed by atoms with Gasteiger partial charge < -0.3 is 5.11 Å². The maximum atomic E-state index is 10.5. The maximum absolute atomic E-state index is 10.5. The number of carbonyl (C=O) groups is 1. The van der Waals surface area contributed by atoms with Crippen LogP contribution in [-0.2, 0) is 11.3 Å². The van der Waals surface area contributed by atoms with E-state index >= 15 is 0 Å². The van der Waals surface area contributed by atoms with Gasteiger partial charge in [0.25, 0.3) is 0 Å². The Morgan fingerprint density at radius 2 is 2.05 bits per heavy atom. The number of carboxylic acid groups (broad SMARTS) is 1. The Balaban J connectivity index is 1.93. The quantitative estimate of drug-likeness (QED) is 0.736. The van der Waals surface area contributed by atoms with Crippen LogP contribution in [0, 0.1) is 0 Å². The van der Waals surface area contributed by atoms with Gasteiger partial charge in [-0.15, -0.1) is 0 Å². The van der Waals surface area contributed by atoms with Crippen molar-refractivity contribution in [2.75, 3.05) is 6.54 Å². The van der Waals surface area contributed by atoms with Gasteiger partial charge in [-0.05, 0) is 43.0 Å². The van der Waals surface area contributed by atoms with Gasteiger partial charge in [0.2, 0.25) is 0 Å². The molecule has 1 aliphatic carbocycles. The first-order chi connectivity index (χ1) is 9.69. The number of carboxylic acids is 1. The standard InChI is InChI=1S/C17H23NO2/c1-2-3-12-18(16-9-10-16)13-15-6-4-14(5-7-15)8-11-17(19)20/h4-8,11,16H,2-3,9-10,12-13H2,1H3,(H,19,20). The second kappa shape index (κ2) is 7.25. The largest absolute Gasteiger partial charge is 0.478 e. The lowest BCUT2D eigenvalue weighted by Gasteiger charge is -2.21. The van der Waals surface area contributed by atoms with Gasteiger partial charge in [0, 0.05) is 18.7 Å². The van der Waals surface area contributed by atoms with Gasteiger partial charge in [0.1, 0.15) is 0 Å². The molecule has 0 bridgehead atoms. The van der Waals surface area contributed by atoms with Crippen LogP contribution < -0.4 is 0 Å². The first-order valence-electron chi connectivity index (χ1n) is 7.43. The minimum Gasteiger partial charge on any atom is -0.478 e. The van der Waals surface area contributed by atoms with Crippen LogP contribution in [0.4, 0.5) is 0 Å². The highest BCUT2D eigenvalue weighted by Crippen LogP contribution is 2.28. The molecule has 108 valence electrons. The van der Waals surface area contributed by atoms with Gasteiger partial charge >= 0.3 is 5.97 Å². The van der Waals surface area contributed by atoms with Gasteiger partial charge in [-0.3, -0.25) is 4.90 Å². The molecule has 0 spiro atoms. The molecule has 3 nitrogen and oxygen atoms in total. The molecule has 3 heteroatoms. The zero-order valence-electron chi connectivity index (χ0n) is 12.1. The van der Waals surface area contributed by atoms with Gasteiger partial charge in [-0.25, -0.2) is 4.79 Å².